The molecule has 61 heteroatoms. The van der Waals surface area contributed by atoms with Gasteiger partial charge >= 0.3 is 43.3 Å². The lowest BCUT2D eigenvalue weighted by Crippen LogP contribution is -2.63. The van der Waals surface area contributed by atoms with Crippen LogP contribution in [0.1, 0.15) is 51.4 Å². The molecule has 44 N–H and O–H groups in total. The molecule has 2 saturated heterocycles. The van der Waals surface area contributed by atoms with Crippen molar-refractivity contribution in [2.24, 2.45) is 55.9 Å². The molecule has 0 aliphatic carbocycles. The number of hydrogen-bond acceptors (Lipinski definition) is 36. The van der Waals surface area contributed by atoms with Crippen molar-refractivity contribution in [3.8, 4) is 0 Å². The molecule has 14 atom stereocenters. The zero-order valence-electron chi connectivity index (χ0n) is 57.8. The van der Waals surface area contributed by atoms with Crippen LogP contribution >= 0.6 is 0 Å². The summed E-state index contributed by atoms with van der Waals surface area (Å²) in [5.41, 5.74) is 43.0. The van der Waals surface area contributed by atoms with E-state index in [1.165, 1.54) is 0 Å². The first-order valence-electron chi connectivity index (χ1n) is 31.5. The number of carbonyl (C=O) groups excluding carboxylic acids is 14. The van der Waals surface area contributed by atoms with Gasteiger partial charge in [-0.1, -0.05) is 0 Å². The summed E-state index contributed by atoms with van der Waals surface area (Å²) in [6.45, 7) is -4.74. The molecule has 4 heterocycles. The molecule has 111 heavy (non-hydrogen) atoms. The van der Waals surface area contributed by atoms with Gasteiger partial charge in [0.1, 0.15) is 72.2 Å². The Labute approximate surface area is 627 Å². The lowest BCUT2D eigenvalue weighted by Gasteiger charge is -2.31. The molecule has 0 aromatic heterocycles. The van der Waals surface area contributed by atoms with Crippen molar-refractivity contribution in [1.82, 2.24) is 85.1 Å². The molecule has 4 rings (SSSR count). The second-order valence-corrected chi connectivity index (χ2v) is 25.5. The van der Waals surface area contributed by atoms with Crippen molar-refractivity contribution >= 4 is 126 Å². The molecule has 4 aliphatic rings. The molecule has 0 radical (unpaired) electrons. The molecule has 0 aromatic rings. The molecule has 58 nitrogen and oxygen atoms in total. The number of rotatable bonds is 20. The number of guanidine groups is 2. The van der Waals surface area contributed by atoms with E-state index < -0.39 is 250 Å². The van der Waals surface area contributed by atoms with Gasteiger partial charge in [-0.25, -0.2) is 19.6 Å². The predicted molar refractivity (Wildman–Crippen MR) is 370 cm³/mol. The summed E-state index contributed by atoms with van der Waals surface area (Å²) in [5, 5.41) is 95.3. The SMILES string of the molecule is NCCC[C@H](N)CC(=O)N[C@H]1CNC(=O)[C@H]([C@H]2C[C@H](O)NC(N)=N2)NC(=O)/C(=C/NC(N)=O)NC(=O)[C@H](CO)NC(=O)[C@H](CO)NC1=O.NCCC[C@H](N)CC(=O)N[C@H]1CNC(=O)[C@H]([C@H]2C[C@H](O)NC(N)=N2)NC(=O)/C(=C/NC(N)=O)NC(=O)[C@H](CO)NC(=O)[C@H](CO)NC1=O.O=S(=O)(O)O.O=S(=O)(O)O.O=S(=O)(O)O. The second kappa shape index (κ2) is 49.5. The van der Waals surface area contributed by atoms with E-state index >= 15 is 0 Å². The Hall–Kier alpha value is -10.6. The number of primary amides is 2. The standard InChI is InChI=1S/2C25H43N13O10.3H2O4S/c2*26-3-1-2-10(27)4-16(41)32-12-6-30-23(47)18(11-5-17(42)37-24(28)36-11)38-20(44)13(7-31-25(29)48)33-21(45)14(8-39)35-22(46)15(9-40)34-19(12)43;3*1-5(2,3)4/h2*7,10-12,14-15,17-18,39-40,42H,1-6,8-9,26-27H2,(H,30,47)(H,32,41)(H,33,45)(H,34,43)(H,35,46)(H,38,44)(H3,28,36,37)(H3,29,31,48);3*(H2,1,2,3,4)/b2*13-7-;;;/t2*10-,11+,12-,14-,15-,17-,18-;;;/m00.../s1. The lowest BCUT2D eigenvalue weighted by molar-refractivity contribution is -0.135. The largest absolute Gasteiger partial charge is 0.394 e. The van der Waals surface area contributed by atoms with Crippen LogP contribution in [-0.4, -0.2) is 316 Å². The van der Waals surface area contributed by atoms with Crippen LogP contribution in [0.2, 0.25) is 0 Å². The smallest absolute Gasteiger partial charge is 0.394 e. The highest BCUT2D eigenvalue weighted by Gasteiger charge is 2.40. The van der Waals surface area contributed by atoms with Crippen LogP contribution in [0.15, 0.2) is 33.8 Å². The van der Waals surface area contributed by atoms with Gasteiger partial charge < -0.3 is 162 Å². The van der Waals surface area contributed by atoms with Gasteiger partial charge in [0.2, 0.25) is 59.1 Å². The first kappa shape index (κ1) is 100. The van der Waals surface area contributed by atoms with E-state index in [2.05, 4.69) is 84.4 Å². The fourth-order valence-electron chi connectivity index (χ4n) is 8.89. The number of aliphatic imine (C=N–C) groups is 2. The Morgan fingerprint density at radius 3 is 1.00 bits per heavy atom. The van der Waals surface area contributed by atoms with E-state index in [-0.39, 0.29) is 37.6 Å². The molecule has 4 aliphatic heterocycles. The zero-order chi connectivity index (χ0) is 85.4. The van der Waals surface area contributed by atoms with E-state index in [0.29, 0.717) is 51.2 Å². The molecular weight excluding hydrogens is 1570 g/mol. The summed E-state index contributed by atoms with van der Waals surface area (Å²) in [6, 6.07) is -19.6. The highest BCUT2D eigenvalue weighted by Crippen LogP contribution is 2.15. The zero-order valence-corrected chi connectivity index (χ0v) is 60.3. The van der Waals surface area contributed by atoms with Gasteiger partial charge in [0.25, 0.3) is 11.8 Å². The minimum Gasteiger partial charge on any atom is -0.394 e. The minimum atomic E-state index is -4.67. The Kier molecular flexibility index (Phi) is 44.8. The fraction of sp³-hybridized carbons (Fsp3) is 0.600. The molecule has 0 aromatic carbocycles. The van der Waals surface area contributed by atoms with Crippen LogP contribution in [0.5, 0.6) is 0 Å². The summed E-state index contributed by atoms with van der Waals surface area (Å²) in [6.07, 6.45) is -0.505. The highest BCUT2D eigenvalue weighted by molar-refractivity contribution is 7.80. The fourth-order valence-corrected chi connectivity index (χ4v) is 8.89. The van der Waals surface area contributed by atoms with Crippen LogP contribution < -0.4 is 131 Å². The van der Waals surface area contributed by atoms with Crippen molar-refractivity contribution in [3.05, 3.63) is 23.8 Å². The third-order valence-electron chi connectivity index (χ3n) is 13.8. The molecule has 2 fully saturated rings. The van der Waals surface area contributed by atoms with E-state index in [0.717, 1.165) is 0 Å². The van der Waals surface area contributed by atoms with Crippen molar-refractivity contribution in [2.75, 3.05) is 52.6 Å². The molecule has 0 unspecified atom stereocenters. The first-order valence-corrected chi connectivity index (χ1v) is 35.7. The number of amides is 16. The topological polar surface area (TPSA) is 1010 Å². The van der Waals surface area contributed by atoms with Gasteiger partial charge in [0, 0.05) is 63.3 Å². The van der Waals surface area contributed by atoms with E-state index in [1.807, 2.05) is 10.6 Å². The molecule has 632 valence electrons. The van der Waals surface area contributed by atoms with Crippen LogP contribution in [0.4, 0.5) is 9.59 Å². The molecule has 0 bridgehead atoms. The van der Waals surface area contributed by atoms with Gasteiger partial charge in [-0.2, -0.15) is 25.3 Å². The number of nitrogens with two attached hydrogens (primary N) is 8. The maximum atomic E-state index is 13.6. The molecule has 0 saturated carbocycles. The van der Waals surface area contributed by atoms with Gasteiger partial charge in [0.15, 0.2) is 11.9 Å². The van der Waals surface area contributed by atoms with Crippen LogP contribution in [-0.2, 0) is 88.7 Å². The maximum Gasteiger partial charge on any atom is 0.394 e. The second-order valence-electron chi connectivity index (χ2n) is 22.8. The normalized spacial score (nSPS) is 25.4. The lowest BCUT2D eigenvalue weighted by atomic mass is 10.0. The summed E-state index contributed by atoms with van der Waals surface area (Å²) < 4.78 is 94.8. The summed E-state index contributed by atoms with van der Waals surface area (Å²) in [7, 11) is -14.0. The highest BCUT2D eigenvalue weighted by atomic mass is 32.3. The number of hydrogen-bond donors (Lipinski definition) is 36. The average molecular weight is 1670 g/mol. The summed E-state index contributed by atoms with van der Waals surface area (Å²) >= 11 is 0. The number of aliphatic hydroxyl groups is 6. The number of carbonyl (C=O) groups is 14. The quantitative estimate of drug-likeness (QED) is 0.0398. The van der Waals surface area contributed by atoms with Crippen LogP contribution in [0.3, 0.4) is 0 Å². The molecule has 16 amide bonds. The average Bonchev–Trinajstić information content (AvgIpc) is 0.830. The molecular formula is C50H92N26O32S3. The van der Waals surface area contributed by atoms with Gasteiger partial charge in [-0.3, -0.25) is 84.9 Å². The Balaban J connectivity index is 0.00000184. The van der Waals surface area contributed by atoms with Crippen molar-refractivity contribution in [1.29, 1.82) is 0 Å². The Bertz CT molecular complexity index is 3440. The third-order valence-corrected chi connectivity index (χ3v) is 13.8. The van der Waals surface area contributed by atoms with Gasteiger partial charge in [-0.05, 0) is 38.8 Å². The molecule has 0 spiro atoms. The van der Waals surface area contributed by atoms with Gasteiger partial charge in [-0.15, -0.1) is 0 Å². The summed E-state index contributed by atoms with van der Waals surface area (Å²) in [5.74, 6) is -13.4. The first-order chi connectivity index (χ1) is 51.4. The predicted octanol–water partition coefficient (Wildman–Crippen LogP) is -19.7. The summed E-state index contributed by atoms with van der Waals surface area (Å²) in [4.78, 5) is 189. The van der Waals surface area contributed by atoms with E-state index in [1.54, 1.807) is 0 Å². The van der Waals surface area contributed by atoms with Crippen molar-refractivity contribution in [2.45, 2.75) is 136 Å². The third kappa shape index (κ3) is 44.6. The Morgan fingerprint density at radius 1 is 0.459 bits per heavy atom. The van der Waals surface area contributed by atoms with E-state index in [9.17, 15) is 97.8 Å². The minimum absolute atomic E-state index is 0.247. The van der Waals surface area contributed by atoms with Crippen molar-refractivity contribution in [3.63, 3.8) is 0 Å². The number of nitrogens with one attached hydrogen (secondary N) is 16. The van der Waals surface area contributed by atoms with Gasteiger partial charge in [0.05, 0.1) is 38.5 Å². The number of nitrogens with zero attached hydrogens (tertiary/aromatic N) is 2. The van der Waals surface area contributed by atoms with Crippen LogP contribution in [0.25, 0.3) is 0 Å². The number of aliphatic hydroxyl groups excluding tert-OH is 6. The van der Waals surface area contributed by atoms with Crippen LogP contribution in [0, 0.1) is 0 Å². The van der Waals surface area contributed by atoms with E-state index in [4.69, 9.17) is 98.4 Å². The monoisotopic (exact) mass is 1660 g/mol. The number of urea groups is 2. The maximum absolute atomic E-state index is 13.6. The Morgan fingerprint density at radius 2 is 0.739 bits per heavy atom. The van der Waals surface area contributed by atoms with Crippen molar-refractivity contribution < 1.29 is 150 Å².